The van der Waals surface area contributed by atoms with E-state index >= 15 is 0 Å². The summed E-state index contributed by atoms with van der Waals surface area (Å²) >= 11 is 0. The Balaban J connectivity index is 2.37. The molecule has 1 rings (SSSR count). The van der Waals surface area contributed by atoms with Crippen LogP contribution >= 0.6 is 0 Å². The predicted octanol–water partition coefficient (Wildman–Crippen LogP) is 7.05. The van der Waals surface area contributed by atoms with Crippen LogP contribution in [0.15, 0.2) is 61.1 Å². The van der Waals surface area contributed by atoms with Crippen molar-refractivity contribution in [1.29, 1.82) is 0 Å². The highest BCUT2D eigenvalue weighted by atomic mass is 16.5. The Kier molecular flexibility index (Phi) is 14.7. The SMILES string of the molecule is C=C/C(OCCCCCCC(=O)OCC)=C(\C=C)OCc1ccc(CCCCC)cc1. The molecule has 0 radical (unpaired) electrons. The van der Waals surface area contributed by atoms with Crippen molar-refractivity contribution in [3.05, 3.63) is 72.2 Å². The van der Waals surface area contributed by atoms with E-state index in [9.17, 15) is 4.79 Å². The van der Waals surface area contributed by atoms with Gasteiger partial charge in [0.05, 0.1) is 13.2 Å². The van der Waals surface area contributed by atoms with Crippen molar-refractivity contribution < 1.29 is 19.0 Å². The number of hydrogen-bond acceptors (Lipinski definition) is 4. The molecule has 1 aromatic rings. The summed E-state index contributed by atoms with van der Waals surface area (Å²) in [6.45, 7) is 13.2. The second kappa shape index (κ2) is 17.2. The first-order chi connectivity index (χ1) is 15.1. The average Bonchev–Trinajstić information content (AvgIpc) is 2.78. The number of hydrogen-bond donors (Lipinski definition) is 0. The second-order valence-electron chi connectivity index (χ2n) is 7.52. The van der Waals surface area contributed by atoms with Crippen molar-refractivity contribution in [2.45, 2.75) is 78.2 Å². The van der Waals surface area contributed by atoms with Gasteiger partial charge in [0, 0.05) is 6.42 Å². The van der Waals surface area contributed by atoms with Gasteiger partial charge < -0.3 is 14.2 Å². The molecule has 0 aliphatic rings. The molecule has 0 spiro atoms. The molecular formula is C27H40O4. The van der Waals surface area contributed by atoms with E-state index in [1.165, 1.54) is 24.8 Å². The van der Waals surface area contributed by atoms with Crippen molar-refractivity contribution in [2.24, 2.45) is 0 Å². The molecule has 0 N–H and O–H groups in total. The molecule has 172 valence electrons. The molecule has 0 heterocycles. The molecular weight excluding hydrogens is 388 g/mol. The first-order valence-corrected chi connectivity index (χ1v) is 11.6. The molecule has 0 bridgehead atoms. The maximum absolute atomic E-state index is 11.3. The van der Waals surface area contributed by atoms with Gasteiger partial charge in [-0.1, -0.05) is 70.0 Å². The Labute approximate surface area is 189 Å². The number of benzene rings is 1. The molecule has 0 aromatic heterocycles. The molecule has 4 heteroatoms. The van der Waals surface area contributed by atoms with Crippen molar-refractivity contribution in [1.82, 2.24) is 0 Å². The van der Waals surface area contributed by atoms with Crippen LogP contribution in [0.25, 0.3) is 0 Å². The lowest BCUT2D eigenvalue weighted by Crippen LogP contribution is -2.03. The summed E-state index contributed by atoms with van der Waals surface area (Å²) in [7, 11) is 0. The highest BCUT2D eigenvalue weighted by Gasteiger charge is 2.06. The summed E-state index contributed by atoms with van der Waals surface area (Å²) in [5.74, 6) is 1.09. The fraction of sp³-hybridized carbons (Fsp3) is 0.519. The largest absolute Gasteiger partial charge is 0.490 e. The van der Waals surface area contributed by atoms with E-state index in [1.54, 1.807) is 12.2 Å². The fourth-order valence-electron chi connectivity index (χ4n) is 3.14. The van der Waals surface area contributed by atoms with Crippen molar-refractivity contribution >= 4 is 5.97 Å². The molecule has 0 atom stereocenters. The summed E-state index contributed by atoms with van der Waals surface area (Å²) in [5, 5.41) is 0. The van der Waals surface area contributed by atoms with Gasteiger partial charge in [-0.3, -0.25) is 4.79 Å². The Bertz CT molecular complexity index is 673. The molecule has 0 unspecified atom stereocenters. The van der Waals surface area contributed by atoms with E-state index in [-0.39, 0.29) is 5.97 Å². The third-order valence-corrected chi connectivity index (χ3v) is 4.94. The van der Waals surface area contributed by atoms with Crippen LogP contribution in [-0.4, -0.2) is 19.2 Å². The van der Waals surface area contributed by atoms with Gasteiger partial charge in [-0.2, -0.15) is 0 Å². The van der Waals surface area contributed by atoms with Crippen LogP contribution in [0.2, 0.25) is 0 Å². The van der Waals surface area contributed by atoms with Gasteiger partial charge >= 0.3 is 5.97 Å². The molecule has 0 aliphatic carbocycles. The zero-order valence-electron chi connectivity index (χ0n) is 19.5. The van der Waals surface area contributed by atoms with Gasteiger partial charge in [0.15, 0.2) is 11.5 Å². The molecule has 4 nitrogen and oxygen atoms in total. The number of esters is 1. The molecule has 0 saturated carbocycles. The number of aryl methyl sites for hydroxylation is 1. The standard InChI is InChI=1S/C27H40O4/c1-5-9-12-15-23-17-19-24(20-18-23)22-31-26(7-3)25(6-2)30-21-14-11-10-13-16-27(28)29-8-4/h6-7,17-20H,2-3,5,8-16,21-22H2,1,4H3/b26-25-. The number of allylic oxidation sites excluding steroid dienone is 2. The lowest BCUT2D eigenvalue weighted by Gasteiger charge is -2.13. The van der Waals surface area contributed by atoms with Gasteiger partial charge in [-0.25, -0.2) is 0 Å². The minimum absolute atomic E-state index is 0.116. The van der Waals surface area contributed by atoms with Crippen LogP contribution in [0, 0.1) is 0 Å². The van der Waals surface area contributed by atoms with Crippen LogP contribution in [0.1, 0.15) is 76.3 Å². The predicted molar refractivity (Wildman–Crippen MR) is 128 cm³/mol. The minimum Gasteiger partial charge on any atom is -0.490 e. The van der Waals surface area contributed by atoms with Crippen LogP contribution in [0.4, 0.5) is 0 Å². The quantitative estimate of drug-likeness (QED) is 0.109. The Morgan fingerprint density at radius 1 is 0.806 bits per heavy atom. The Hall–Kier alpha value is -2.49. The Morgan fingerprint density at radius 2 is 1.45 bits per heavy atom. The van der Waals surface area contributed by atoms with Crippen LogP contribution in [0.5, 0.6) is 0 Å². The van der Waals surface area contributed by atoms with Crippen LogP contribution in [-0.2, 0) is 32.0 Å². The molecule has 0 amide bonds. The lowest BCUT2D eigenvalue weighted by atomic mass is 10.1. The zero-order chi connectivity index (χ0) is 22.7. The van der Waals surface area contributed by atoms with E-state index in [0.29, 0.717) is 37.8 Å². The van der Waals surface area contributed by atoms with E-state index < -0.39 is 0 Å². The summed E-state index contributed by atoms with van der Waals surface area (Å²) in [5.41, 5.74) is 2.48. The van der Waals surface area contributed by atoms with E-state index in [1.807, 2.05) is 6.92 Å². The van der Waals surface area contributed by atoms with E-state index in [2.05, 4.69) is 44.3 Å². The molecule has 1 aromatic carbocycles. The maximum atomic E-state index is 11.3. The summed E-state index contributed by atoms with van der Waals surface area (Å²) < 4.78 is 16.7. The van der Waals surface area contributed by atoms with Gasteiger partial charge in [0.25, 0.3) is 0 Å². The van der Waals surface area contributed by atoms with Crippen molar-refractivity contribution in [2.75, 3.05) is 13.2 Å². The highest BCUT2D eigenvalue weighted by Crippen LogP contribution is 2.16. The summed E-state index contributed by atoms with van der Waals surface area (Å²) in [6, 6.07) is 8.59. The van der Waals surface area contributed by atoms with Crippen LogP contribution in [0.3, 0.4) is 0 Å². The Morgan fingerprint density at radius 3 is 2.10 bits per heavy atom. The van der Waals surface area contributed by atoms with Gasteiger partial charge in [0.1, 0.15) is 6.61 Å². The lowest BCUT2D eigenvalue weighted by molar-refractivity contribution is -0.143. The minimum atomic E-state index is -0.116. The molecule has 0 saturated heterocycles. The van der Waals surface area contributed by atoms with Gasteiger partial charge in [-0.15, -0.1) is 0 Å². The maximum Gasteiger partial charge on any atom is 0.305 e. The number of unbranched alkanes of at least 4 members (excludes halogenated alkanes) is 5. The number of rotatable bonds is 18. The van der Waals surface area contributed by atoms with Crippen molar-refractivity contribution in [3.8, 4) is 0 Å². The molecule has 0 aliphatic heterocycles. The first kappa shape index (κ1) is 26.5. The normalized spacial score (nSPS) is 11.4. The third kappa shape index (κ3) is 12.1. The summed E-state index contributed by atoms with van der Waals surface area (Å²) in [6.07, 6.45) is 12.4. The monoisotopic (exact) mass is 428 g/mol. The molecule has 31 heavy (non-hydrogen) atoms. The third-order valence-electron chi connectivity index (χ3n) is 4.94. The number of ether oxygens (including phenoxy) is 3. The zero-order valence-corrected chi connectivity index (χ0v) is 19.5. The van der Waals surface area contributed by atoms with Crippen LogP contribution < -0.4 is 0 Å². The smallest absolute Gasteiger partial charge is 0.305 e. The van der Waals surface area contributed by atoms with Gasteiger partial charge in [-0.05, 0) is 55.9 Å². The van der Waals surface area contributed by atoms with E-state index in [0.717, 1.165) is 37.7 Å². The number of carbonyl (C=O) groups excluding carboxylic acids is 1. The van der Waals surface area contributed by atoms with Crippen molar-refractivity contribution in [3.63, 3.8) is 0 Å². The average molecular weight is 429 g/mol. The first-order valence-electron chi connectivity index (χ1n) is 11.6. The summed E-state index contributed by atoms with van der Waals surface area (Å²) in [4.78, 5) is 11.3. The second-order valence-corrected chi connectivity index (χ2v) is 7.52. The molecule has 0 fully saturated rings. The fourth-order valence-corrected chi connectivity index (χ4v) is 3.14. The highest BCUT2D eigenvalue weighted by molar-refractivity contribution is 5.69. The van der Waals surface area contributed by atoms with Gasteiger partial charge in [0.2, 0.25) is 0 Å². The number of carbonyl (C=O) groups is 1. The topological polar surface area (TPSA) is 44.8 Å². The van der Waals surface area contributed by atoms with E-state index in [4.69, 9.17) is 14.2 Å².